The molecule has 0 fully saturated rings. The zero-order valence-corrected chi connectivity index (χ0v) is 8.94. The van der Waals surface area contributed by atoms with Gasteiger partial charge in [-0.3, -0.25) is 20.4 Å². The SMILES string of the molecule is CC(=O)NNC(=O)C(Br)C(C)C. The third kappa shape index (κ3) is 4.33. The van der Waals surface area contributed by atoms with Crippen LogP contribution in [0.3, 0.4) is 0 Å². The molecular weight excluding hydrogens is 224 g/mol. The van der Waals surface area contributed by atoms with Crippen LogP contribution in [0, 0.1) is 5.92 Å². The molecule has 12 heavy (non-hydrogen) atoms. The Hall–Kier alpha value is -0.580. The van der Waals surface area contributed by atoms with Gasteiger partial charge < -0.3 is 0 Å². The molecule has 1 atom stereocenters. The minimum absolute atomic E-state index is 0.193. The van der Waals surface area contributed by atoms with Crippen LogP contribution in [0.25, 0.3) is 0 Å². The fraction of sp³-hybridized carbons (Fsp3) is 0.714. The number of hydrogen-bond acceptors (Lipinski definition) is 2. The molecule has 2 amide bonds. The normalized spacial score (nSPS) is 12.4. The topological polar surface area (TPSA) is 58.2 Å². The average molecular weight is 237 g/mol. The van der Waals surface area contributed by atoms with Crippen molar-refractivity contribution in [1.82, 2.24) is 10.9 Å². The number of nitrogens with one attached hydrogen (secondary N) is 2. The van der Waals surface area contributed by atoms with Crippen LogP contribution < -0.4 is 10.9 Å². The van der Waals surface area contributed by atoms with Crippen LogP contribution in [0.1, 0.15) is 20.8 Å². The van der Waals surface area contributed by atoms with E-state index in [-0.39, 0.29) is 22.6 Å². The molecule has 1 unspecified atom stereocenters. The third-order valence-corrected chi connectivity index (χ3v) is 2.67. The minimum Gasteiger partial charge on any atom is -0.274 e. The van der Waals surface area contributed by atoms with Gasteiger partial charge in [-0.25, -0.2) is 0 Å². The molecule has 0 aliphatic rings. The van der Waals surface area contributed by atoms with Crippen molar-refractivity contribution in [3.8, 4) is 0 Å². The largest absolute Gasteiger partial charge is 0.274 e. The second-order valence-electron chi connectivity index (χ2n) is 2.82. The average Bonchev–Trinajstić information content (AvgIpc) is 1.98. The van der Waals surface area contributed by atoms with Crippen molar-refractivity contribution in [1.29, 1.82) is 0 Å². The van der Waals surface area contributed by atoms with E-state index in [0.29, 0.717) is 0 Å². The molecule has 0 bridgehead atoms. The third-order valence-electron chi connectivity index (χ3n) is 1.20. The lowest BCUT2D eigenvalue weighted by atomic mass is 10.1. The molecule has 0 heterocycles. The van der Waals surface area contributed by atoms with E-state index in [1.165, 1.54) is 6.92 Å². The van der Waals surface area contributed by atoms with Crippen LogP contribution in [-0.4, -0.2) is 16.6 Å². The van der Waals surface area contributed by atoms with Crippen molar-refractivity contribution in [2.45, 2.75) is 25.6 Å². The van der Waals surface area contributed by atoms with Crippen molar-refractivity contribution in [2.75, 3.05) is 0 Å². The number of amides is 2. The zero-order chi connectivity index (χ0) is 9.72. The lowest BCUT2D eigenvalue weighted by Gasteiger charge is -2.13. The van der Waals surface area contributed by atoms with Crippen LogP contribution >= 0.6 is 15.9 Å². The summed E-state index contributed by atoms with van der Waals surface area (Å²) in [6.07, 6.45) is 0. The second-order valence-corrected chi connectivity index (χ2v) is 3.80. The standard InChI is InChI=1S/C7H13BrN2O2/c1-4(2)6(8)7(12)10-9-5(3)11/h4,6H,1-3H3,(H,9,11)(H,10,12). The monoisotopic (exact) mass is 236 g/mol. The van der Waals surface area contributed by atoms with Crippen LogP contribution in [0.5, 0.6) is 0 Å². The van der Waals surface area contributed by atoms with Gasteiger partial charge in [0.15, 0.2) is 0 Å². The fourth-order valence-corrected chi connectivity index (χ4v) is 0.636. The summed E-state index contributed by atoms with van der Waals surface area (Å²) in [5.74, 6) is -0.328. The molecule has 0 rings (SSSR count). The van der Waals surface area contributed by atoms with E-state index in [0.717, 1.165) is 0 Å². The summed E-state index contributed by atoms with van der Waals surface area (Å²) in [6, 6.07) is 0. The Kier molecular flexibility index (Phi) is 4.89. The lowest BCUT2D eigenvalue weighted by Crippen LogP contribution is -2.45. The van der Waals surface area contributed by atoms with Crippen molar-refractivity contribution in [2.24, 2.45) is 5.92 Å². The zero-order valence-electron chi connectivity index (χ0n) is 7.35. The number of halogens is 1. The molecule has 2 N–H and O–H groups in total. The molecule has 0 spiro atoms. The summed E-state index contributed by atoms with van der Waals surface area (Å²) in [7, 11) is 0. The summed E-state index contributed by atoms with van der Waals surface area (Å²) in [6.45, 7) is 5.15. The molecule has 4 nitrogen and oxygen atoms in total. The summed E-state index contributed by atoms with van der Waals surface area (Å²) in [5, 5.41) is 0. The maximum absolute atomic E-state index is 11.1. The van der Waals surface area contributed by atoms with Gasteiger partial charge in [-0.15, -0.1) is 0 Å². The van der Waals surface area contributed by atoms with E-state index in [2.05, 4.69) is 26.8 Å². The van der Waals surface area contributed by atoms with Gasteiger partial charge >= 0.3 is 0 Å². The smallest absolute Gasteiger partial charge is 0.252 e. The van der Waals surface area contributed by atoms with Gasteiger partial charge in [0.25, 0.3) is 5.91 Å². The second kappa shape index (κ2) is 5.13. The quantitative estimate of drug-likeness (QED) is 0.545. The molecule has 0 aliphatic heterocycles. The van der Waals surface area contributed by atoms with Gasteiger partial charge in [-0.1, -0.05) is 29.8 Å². The van der Waals surface area contributed by atoms with Crippen molar-refractivity contribution in [3.63, 3.8) is 0 Å². The van der Waals surface area contributed by atoms with Crippen LogP contribution in [-0.2, 0) is 9.59 Å². The number of rotatable bonds is 2. The highest BCUT2D eigenvalue weighted by Gasteiger charge is 2.17. The van der Waals surface area contributed by atoms with E-state index >= 15 is 0 Å². The number of hydrogen-bond donors (Lipinski definition) is 2. The fourth-order valence-electron chi connectivity index (χ4n) is 0.521. The molecule has 0 aromatic rings. The first kappa shape index (κ1) is 11.4. The highest BCUT2D eigenvalue weighted by Crippen LogP contribution is 2.10. The van der Waals surface area contributed by atoms with Gasteiger partial charge in [0.2, 0.25) is 5.91 Å². The molecule has 0 saturated carbocycles. The highest BCUT2D eigenvalue weighted by atomic mass is 79.9. The predicted molar refractivity (Wildman–Crippen MR) is 49.5 cm³/mol. The van der Waals surface area contributed by atoms with E-state index in [9.17, 15) is 9.59 Å². The Morgan fingerprint density at radius 1 is 1.25 bits per heavy atom. The van der Waals surface area contributed by atoms with Crippen molar-refractivity contribution >= 4 is 27.7 Å². The van der Waals surface area contributed by atoms with E-state index in [4.69, 9.17) is 0 Å². The molecule has 0 aliphatic carbocycles. The maximum atomic E-state index is 11.1. The summed E-state index contributed by atoms with van der Waals surface area (Å²) in [5.41, 5.74) is 4.49. The van der Waals surface area contributed by atoms with Gasteiger partial charge in [-0.05, 0) is 5.92 Å². The van der Waals surface area contributed by atoms with Gasteiger partial charge in [0.05, 0.1) is 4.83 Å². The predicted octanol–water partition coefficient (Wildman–Crippen LogP) is 0.573. The Morgan fingerprint density at radius 2 is 1.75 bits per heavy atom. The van der Waals surface area contributed by atoms with Crippen LogP contribution in [0.4, 0.5) is 0 Å². The molecule has 0 aromatic heterocycles. The van der Waals surface area contributed by atoms with Crippen LogP contribution in [0.15, 0.2) is 0 Å². The minimum atomic E-state index is -0.285. The van der Waals surface area contributed by atoms with Crippen molar-refractivity contribution < 1.29 is 9.59 Å². The summed E-state index contributed by atoms with van der Waals surface area (Å²) < 4.78 is 0. The van der Waals surface area contributed by atoms with Crippen molar-refractivity contribution in [3.05, 3.63) is 0 Å². The summed E-state index contributed by atoms with van der Waals surface area (Å²) >= 11 is 3.19. The Morgan fingerprint density at radius 3 is 2.08 bits per heavy atom. The Labute approximate surface area is 80.2 Å². The molecule has 0 radical (unpaired) electrons. The number of alkyl halides is 1. The van der Waals surface area contributed by atoms with E-state index in [1.54, 1.807) is 0 Å². The highest BCUT2D eigenvalue weighted by molar-refractivity contribution is 9.10. The lowest BCUT2D eigenvalue weighted by molar-refractivity contribution is -0.127. The Balaban J connectivity index is 3.80. The van der Waals surface area contributed by atoms with E-state index in [1.807, 2.05) is 13.8 Å². The number of carbonyl (C=O) groups is 2. The van der Waals surface area contributed by atoms with E-state index < -0.39 is 0 Å². The molecular formula is C7H13BrN2O2. The Bertz CT molecular complexity index is 182. The first-order chi connectivity index (χ1) is 5.45. The van der Waals surface area contributed by atoms with Gasteiger partial charge in [0.1, 0.15) is 0 Å². The first-order valence-electron chi connectivity index (χ1n) is 3.65. The molecule has 70 valence electrons. The molecule has 5 heteroatoms. The summed E-state index contributed by atoms with van der Waals surface area (Å²) in [4.78, 5) is 21.2. The van der Waals surface area contributed by atoms with Gasteiger partial charge in [-0.2, -0.15) is 0 Å². The number of hydrazine groups is 1. The first-order valence-corrected chi connectivity index (χ1v) is 4.57. The maximum Gasteiger partial charge on any atom is 0.252 e. The number of carbonyl (C=O) groups excluding carboxylic acids is 2. The molecule has 0 saturated heterocycles. The van der Waals surface area contributed by atoms with Gasteiger partial charge in [0, 0.05) is 6.92 Å². The van der Waals surface area contributed by atoms with Crippen LogP contribution in [0.2, 0.25) is 0 Å². The molecule has 0 aromatic carbocycles.